The molecule has 1 amide bonds. The molecule has 0 bridgehead atoms. The van der Waals surface area contributed by atoms with E-state index in [2.05, 4.69) is 15.4 Å². The highest BCUT2D eigenvalue weighted by Gasteiger charge is 2.21. The molecule has 0 fully saturated rings. The van der Waals surface area contributed by atoms with E-state index >= 15 is 4.39 Å². The summed E-state index contributed by atoms with van der Waals surface area (Å²) >= 11 is 0. The van der Waals surface area contributed by atoms with E-state index in [9.17, 15) is 22.7 Å². The number of halogens is 2. The number of nitrogens with one attached hydrogen (secondary N) is 1. The molecule has 0 aliphatic rings. The van der Waals surface area contributed by atoms with Crippen molar-refractivity contribution in [3.8, 4) is 22.3 Å². The number of rotatable bonds is 8. The zero-order valence-corrected chi connectivity index (χ0v) is 21.3. The maximum absolute atomic E-state index is 15.1. The fourth-order valence-electron chi connectivity index (χ4n) is 3.89. The number of anilines is 1. The lowest BCUT2D eigenvalue weighted by Gasteiger charge is -2.18. The van der Waals surface area contributed by atoms with Crippen molar-refractivity contribution < 1.29 is 27.1 Å². The van der Waals surface area contributed by atoms with Gasteiger partial charge in [-0.15, -0.1) is 0 Å². The van der Waals surface area contributed by atoms with E-state index in [1.165, 1.54) is 12.1 Å². The third-order valence-corrected chi connectivity index (χ3v) is 7.04. The number of aryl methyl sites for hydroxylation is 1. The van der Waals surface area contributed by atoms with Gasteiger partial charge in [0.1, 0.15) is 17.5 Å². The average molecular weight is 542 g/mol. The number of benzene rings is 2. The van der Waals surface area contributed by atoms with Gasteiger partial charge in [-0.2, -0.15) is 5.10 Å². The van der Waals surface area contributed by atoms with Crippen LogP contribution in [-0.4, -0.2) is 47.1 Å². The monoisotopic (exact) mass is 541 g/mol. The van der Waals surface area contributed by atoms with Gasteiger partial charge in [0, 0.05) is 41.9 Å². The fraction of sp³-hybridized carbons (Fsp3) is 0.192. The van der Waals surface area contributed by atoms with Crippen molar-refractivity contribution in [2.45, 2.75) is 24.4 Å². The molecule has 0 saturated carbocycles. The number of nitrogen functional groups attached to an aromatic ring is 1. The maximum atomic E-state index is 15.1. The van der Waals surface area contributed by atoms with Crippen molar-refractivity contribution in [3.63, 3.8) is 0 Å². The highest BCUT2D eigenvalue weighted by molar-refractivity contribution is 7.90. The van der Waals surface area contributed by atoms with Crippen molar-refractivity contribution in [3.05, 3.63) is 83.8 Å². The van der Waals surface area contributed by atoms with E-state index in [0.29, 0.717) is 17.7 Å². The predicted molar refractivity (Wildman–Crippen MR) is 138 cm³/mol. The van der Waals surface area contributed by atoms with Crippen LogP contribution in [0.4, 0.5) is 14.6 Å². The summed E-state index contributed by atoms with van der Waals surface area (Å²) < 4.78 is 54.6. The molecule has 198 valence electrons. The number of amides is 1. The largest absolute Gasteiger partial charge is 0.394 e. The van der Waals surface area contributed by atoms with Crippen LogP contribution in [0.2, 0.25) is 0 Å². The summed E-state index contributed by atoms with van der Waals surface area (Å²) in [6.45, 7) is 1.97. The third kappa shape index (κ3) is 5.71. The summed E-state index contributed by atoms with van der Waals surface area (Å²) in [5.74, 6) is -2.44. The molecule has 0 aliphatic heterocycles. The van der Waals surface area contributed by atoms with Crippen molar-refractivity contribution in [1.29, 1.82) is 0 Å². The van der Waals surface area contributed by atoms with Crippen LogP contribution in [0.5, 0.6) is 0 Å². The summed E-state index contributed by atoms with van der Waals surface area (Å²) in [6, 6.07) is 7.43. The number of aromatic nitrogens is 3. The molecule has 1 atom stereocenters. The summed E-state index contributed by atoms with van der Waals surface area (Å²) in [4.78, 5) is 16.7. The van der Waals surface area contributed by atoms with Gasteiger partial charge in [-0.3, -0.25) is 9.48 Å². The SMILES string of the molecule is CCn1cc(-c2cnc(N)c(-c3ccc(C(=O)NC(CO)c4cc(F)cc(S(C)(=O)=O)c4)c(F)c3)c2)cn1. The zero-order valence-electron chi connectivity index (χ0n) is 20.5. The topological polar surface area (TPSA) is 140 Å². The number of aliphatic hydroxyl groups is 1. The Kier molecular flexibility index (Phi) is 7.56. The Balaban J connectivity index is 1.61. The highest BCUT2D eigenvalue weighted by atomic mass is 32.2. The van der Waals surface area contributed by atoms with Crippen LogP contribution in [-0.2, 0) is 16.4 Å². The Morgan fingerprint density at radius 2 is 1.87 bits per heavy atom. The molecule has 4 N–H and O–H groups in total. The third-order valence-electron chi connectivity index (χ3n) is 5.95. The first-order chi connectivity index (χ1) is 18.0. The highest BCUT2D eigenvalue weighted by Crippen LogP contribution is 2.31. The summed E-state index contributed by atoms with van der Waals surface area (Å²) in [6.07, 6.45) is 6.03. The molecule has 2 aromatic heterocycles. The number of hydrogen-bond donors (Lipinski definition) is 3. The van der Waals surface area contributed by atoms with E-state index in [1.54, 1.807) is 23.1 Å². The Morgan fingerprint density at radius 1 is 1.11 bits per heavy atom. The smallest absolute Gasteiger partial charge is 0.254 e. The van der Waals surface area contributed by atoms with Gasteiger partial charge in [-0.1, -0.05) is 6.07 Å². The summed E-state index contributed by atoms with van der Waals surface area (Å²) in [5.41, 5.74) is 8.11. The molecule has 4 aromatic rings. The van der Waals surface area contributed by atoms with E-state index in [0.717, 1.165) is 41.6 Å². The van der Waals surface area contributed by atoms with Gasteiger partial charge in [-0.05, 0) is 54.4 Å². The second kappa shape index (κ2) is 10.7. The quantitative estimate of drug-likeness (QED) is 0.311. The van der Waals surface area contributed by atoms with Gasteiger partial charge in [-0.25, -0.2) is 22.2 Å². The first-order valence-electron chi connectivity index (χ1n) is 11.5. The first kappa shape index (κ1) is 26.9. The van der Waals surface area contributed by atoms with Gasteiger partial charge in [0.2, 0.25) is 0 Å². The molecule has 12 heteroatoms. The van der Waals surface area contributed by atoms with E-state index in [1.807, 2.05) is 13.1 Å². The minimum Gasteiger partial charge on any atom is -0.394 e. The molecular formula is C26H25F2N5O4S. The second-order valence-electron chi connectivity index (χ2n) is 8.64. The minimum absolute atomic E-state index is 0.0142. The number of carbonyl (C=O) groups is 1. The molecule has 0 saturated heterocycles. The van der Waals surface area contributed by atoms with Crippen molar-refractivity contribution in [1.82, 2.24) is 20.1 Å². The molecule has 38 heavy (non-hydrogen) atoms. The van der Waals surface area contributed by atoms with Crippen LogP contribution in [0.1, 0.15) is 28.9 Å². The van der Waals surface area contributed by atoms with Crippen molar-refractivity contribution >= 4 is 21.6 Å². The number of nitrogens with zero attached hydrogens (tertiary/aromatic N) is 3. The van der Waals surface area contributed by atoms with Gasteiger partial charge < -0.3 is 16.2 Å². The lowest BCUT2D eigenvalue weighted by atomic mass is 10.0. The molecule has 0 aliphatic carbocycles. The van der Waals surface area contributed by atoms with Gasteiger partial charge in [0.15, 0.2) is 9.84 Å². The van der Waals surface area contributed by atoms with E-state index in [-0.39, 0.29) is 21.8 Å². The summed E-state index contributed by atoms with van der Waals surface area (Å²) in [5, 5.41) is 16.4. The average Bonchev–Trinajstić information content (AvgIpc) is 3.36. The molecular weight excluding hydrogens is 516 g/mol. The van der Waals surface area contributed by atoms with Crippen molar-refractivity contribution in [2.24, 2.45) is 0 Å². The number of aliphatic hydroxyl groups excluding tert-OH is 1. The second-order valence-corrected chi connectivity index (χ2v) is 10.7. The van der Waals surface area contributed by atoms with Crippen LogP contribution in [0.15, 0.2) is 66.0 Å². The molecule has 4 rings (SSSR count). The lowest BCUT2D eigenvalue weighted by molar-refractivity contribution is 0.0912. The normalized spacial score (nSPS) is 12.3. The van der Waals surface area contributed by atoms with Crippen LogP contribution >= 0.6 is 0 Å². The number of carbonyl (C=O) groups excluding carboxylic acids is 1. The Labute approximate surface area is 217 Å². The van der Waals surface area contributed by atoms with Crippen molar-refractivity contribution in [2.75, 3.05) is 18.6 Å². The number of hydrogen-bond acceptors (Lipinski definition) is 7. The molecule has 0 radical (unpaired) electrons. The van der Waals surface area contributed by atoms with E-state index < -0.39 is 40.0 Å². The maximum Gasteiger partial charge on any atom is 0.254 e. The number of sulfone groups is 1. The van der Waals surface area contributed by atoms with Gasteiger partial charge >= 0.3 is 0 Å². The Morgan fingerprint density at radius 3 is 2.50 bits per heavy atom. The van der Waals surface area contributed by atoms with Crippen LogP contribution in [0.3, 0.4) is 0 Å². The lowest BCUT2D eigenvalue weighted by Crippen LogP contribution is -2.31. The standard InChI is InChI=1S/C26H25F2N5O4S/c1-3-33-13-18(12-31-33)17-8-22(25(29)30-11-17)15-4-5-21(23(28)9-15)26(35)32-24(14-34)16-6-19(27)10-20(7-16)38(2,36)37/h4-13,24,34H,3,14H2,1-2H3,(H2,29,30)(H,32,35). The molecule has 2 aromatic carbocycles. The van der Waals surface area contributed by atoms with E-state index in [4.69, 9.17) is 5.73 Å². The Hall–Kier alpha value is -4.16. The fourth-order valence-corrected chi connectivity index (χ4v) is 4.56. The zero-order chi connectivity index (χ0) is 27.6. The first-order valence-corrected chi connectivity index (χ1v) is 13.4. The molecule has 9 nitrogen and oxygen atoms in total. The number of pyridine rings is 1. The molecule has 0 spiro atoms. The Bertz CT molecular complexity index is 1620. The number of nitrogens with two attached hydrogens (primary N) is 1. The summed E-state index contributed by atoms with van der Waals surface area (Å²) in [7, 11) is -3.75. The van der Waals surface area contributed by atoms with Gasteiger partial charge in [0.05, 0.1) is 29.3 Å². The predicted octanol–water partition coefficient (Wildman–Crippen LogP) is 3.36. The molecule has 2 heterocycles. The minimum atomic E-state index is -3.75. The van der Waals surface area contributed by atoms with Gasteiger partial charge in [0.25, 0.3) is 5.91 Å². The van der Waals surface area contributed by atoms with Crippen LogP contribution in [0, 0.1) is 11.6 Å². The van der Waals surface area contributed by atoms with Crippen LogP contribution in [0.25, 0.3) is 22.3 Å². The van der Waals surface area contributed by atoms with Crippen LogP contribution < -0.4 is 11.1 Å². The molecule has 1 unspecified atom stereocenters.